The molecule has 2 fully saturated rings. The van der Waals surface area contributed by atoms with E-state index < -0.39 is 37.4 Å². The van der Waals surface area contributed by atoms with Crippen LogP contribution in [0.25, 0.3) is 0 Å². The number of H-pyrrole nitrogens is 1. The molecule has 3 rings (SSSR count). The van der Waals surface area contributed by atoms with Gasteiger partial charge in [0.05, 0.1) is 32.8 Å². The van der Waals surface area contributed by atoms with E-state index >= 15 is 0 Å². The molecule has 0 radical (unpaired) electrons. The number of hydrogen-bond acceptors (Lipinski definition) is 11. The minimum Gasteiger partial charge on any atom is -0.466 e. The Morgan fingerprint density at radius 1 is 1.38 bits per heavy atom. The van der Waals surface area contributed by atoms with Crippen molar-refractivity contribution in [3.8, 4) is 0 Å². The Morgan fingerprint density at radius 3 is 2.79 bits per heavy atom. The van der Waals surface area contributed by atoms with Crippen molar-refractivity contribution in [3.05, 3.63) is 32.6 Å². The van der Waals surface area contributed by atoms with E-state index in [9.17, 15) is 18.9 Å². The number of rotatable bonds is 10. The molecule has 0 aromatic carbocycles. The molecule has 34 heavy (non-hydrogen) atoms. The van der Waals surface area contributed by atoms with Gasteiger partial charge < -0.3 is 9.47 Å². The highest BCUT2D eigenvalue weighted by Crippen LogP contribution is 2.53. The van der Waals surface area contributed by atoms with Crippen LogP contribution in [0.3, 0.4) is 0 Å². The van der Waals surface area contributed by atoms with Crippen LogP contribution in [0.5, 0.6) is 0 Å². The van der Waals surface area contributed by atoms with Gasteiger partial charge in [0.15, 0.2) is 6.04 Å². The van der Waals surface area contributed by atoms with Crippen molar-refractivity contribution in [1.29, 1.82) is 5.53 Å². The van der Waals surface area contributed by atoms with E-state index in [1.54, 1.807) is 6.92 Å². The van der Waals surface area contributed by atoms with Crippen LogP contribution in [0, 0.1) is 18.4 Å². The summed E-state index contributed by atoms with van der Waals surface area (Å²) in [5.74, 6) is -0.683. The maximum absolute atomic E-state index is 12.8. The largest absolute Gasteiger partial charge is 0.474 e. The van der Waals surface area contributed by atoms with Gasteiger partial charge in [0.2, 0.25) is 4.91 Å². The molecule has 0 amide bonds. The number of phosphoric ester groups is 1. The molecule has 1 aromatic rings. The second-order valence-electron chi connectivity index (χ2n) is 8.11. The zero-order valence-electron chi connectivity index (χ0n) is 19.0. The van der Waals surface area contributed by atoms with Crippen LogP contribution < -0.4 is 16.2 Å². The van der Waals surface area contributed by atoms with Crippen molar-refractivity contribution in [2.45, 2.75) is 57.9 Å². The molecule has 15 heteroatoms. The van der Waals surface area contributed by atoms with Crippen LogP contribution in [0.4, 0.5) is 0 Å². The number of nitrogens with one attached hydrogen (secondary N) is 2. The summed E-state index contributed by atoms with van der Waals surface area (Å²) in [5, 5.41) is 3.79. The average molecular weight is 502 g/mol. The maximum atomic E-state index is 12.8. The van der Waals surface area contributed by atoms with Gasteiger partial charge in [-0.1, -0.05) is 13.3 Å². The summed E-state index contributed by atoms with van der Waals surface area (Å²) >= 11 is 0. The van der Waals surface area contributed by atoms with E-state index in [2.05, 4.69) is 15.0 Å². The third-order valence-corrected chi connectivity index (χ3v) is 6.81. The molecule has 0 saturated carbocycles. The average Bonchev–Trinajstić information content (AvgIpc) is 3.20. The van der Waals surface area contributed by atoms with Crippen LogP contribution in [0.15, 0.2) is 20.9 Å². The highest BCUT2D eigenvalue weighted by molar-refractivity contribution is 7.48. The molecule has 0 unspecified atom stereocenters. The lowest BCUT2D eigenvalue weighted by Gasteiger charge is -2.28. The highest BCUT2D eigenvalue weighted by Gasteiger charge is 2.43. The molecular weight excluding hydrogens is 473 g/mol. The number of aromatic amines is 1. The molecule has 1 aromatic heterocycles. The van der Waals surface area contributed by atoms with E-state index in [1.807, 2.05) is 6.92 Å². The summed E-state index contributed by atoms with van der Waals surface area (Å²) in [7, 11) is -3.90. The highest BCUT2D eigenvalue weighted by atomic mass is 31.2. The smallest absolute Gasteiger partial charge is 0.466 e. The first-order valence-corrected chi connectivity index (χ1v) is 12.4. The van der Waals surface area contributed by atoms with Gasteiger partial charge in [-0.05, 0) is 13.3 Å². The molecule has 0 aliphatic carbocycles. The Labute approximate surface area is 194 Å². The van der Waals surface area contributed by atoms with E-state index in [-0.39, 0.29) is 44.5 Å². The molecule has 2 saturated heterocycles. The fraction of sp³-hybridized carbons (Fsp3) is 0.737. The van der Waals surface area contributed by atoms with E-state index in [0.717, 1.165) is 12.8 Å². The zero-order chi connectivity index (χ0) is 24.7. The number of phosphoric acid groups is 1. The minimum absolute atomic E-state index is 0.00376. The topological polar surface area (TPSA) is 185 Å². The summed E-state index contributed by atoms with van der Waals surface area (Å²) in [4.78, 5) is 40.9. The lowest BCUT2D eigenvalue weighted by Crippen LogP contribution is -2.33. The summed E-state index contributed by atoms with van der Waals surface area (Å²) in [5.41, 5.74) is 6.19. The Morgan fingerprint density at radius 2 is 2.12 bits per heavy atom. The number of aryl methyl sites for hydroxylation is 1. The van der Waals surface area contributed by atoms with Crippen LogP contribution >= 0.6 is 7.82 Å². The first-order valence-electron chi connectivity index (χ1n) is 11.0. The third kappa shape index (κ3) is 6.78. The molecule has 2 aliphatic heterocycles. The molecule has 2 aliphatic rings. The lowest BCUT2D eigenvalue weighted by molar-refractivity contribution is -0.146. The Hall–Kier alpha value is -2.47. The van der Waals surface area contributed by atoms with Gasteiger partial charge >= 0.3 is 19.5 Å². The molecule has 2 N–H and O–H groups in total. The van der Waals surface area contributed by atoms with Crippen molar-refractivity contribution < 1.29 is 32.4 Å². The fourth-order valence-corrected chi connectivity index (χ4v) is 4.83. The standard InChI is InChI=1S/C19H28N5O9P/c1-3-4-5-29-17(25)6-13-9-30-34(28,31-10-13)32-11-15-14(22-23-20)7-16(33-15)24-8-12(2)18(26)21-19(24)27/h8,13-16,20H,3-7,9-11H2,1-2H3/p+1/t13?,14-,15+,16+,34?/m0/s1. The van der Waals surface area contributed by atoms with Gasteiger partial charge in [0, 0.05) is 24.1 Å². The number of aromatic nitrogens is 2. The van der Waals surface area contributed by atoms with E-state index in [0.29, 0.717) is 12.2 Å². The second kappa shape index (κ2) is 11.8. The van der Waals surface area contributed by atoms with E-state index in [1.165, 1.54) is 10.8 Å². The van der Waals surface area contributed by atoms with E-state index in [4.69, 9.17) is 28.6 Å². The first-order chi connectivity index (χ1) is 16.2. The summed E-state index contributed by atoms with van der Waals surface area (Å²) in [6, 6.07) is -0.663. The van der Waals surface area contributed by atoms with Gasteiger partial charge in [0.1, 0.15) is 23.0 Å². The number of hydrogen-bond donors (Lipinski definition) is 2. The summed E-state index contributed by atoms with van der Waals surface area (Å²) in [6.07, 6.45) is 1.72. The van der Waals surface area contributed by atoms with Crippen molar-refractivity contribution in [3.63, 3.8) is 0 Å². The molecule has 0 bridgehead atoms. The maximum Gasteiger partial charge on any atom is 0.474 e. The monoisotopic (exact) mass is 502 g/mol. The quantitative estimate of drug-likeness (QED) is 0.157. The van der Waals surface area contributed by atoms with Crippen LogP contribution in [0.2, 0.25) is 0 Å². The lowest BCUT2D eigenvalue weighted by atomic mass is 10.1. The zero-order valence-corrected chi connectivity index (χ0v) is 19.9. The van der Waals surface area contributed by atoms with Gasteiger partial charge in [0.25, 0.3) is 5.56 Å². The Kier molecular flexibility index (Phi) is 9.06. The normalized spacial score (nSPS) is 28.9. The number of ether oxygens (including phenoxy) is 2. The number of esters is 1. The second-order valence-corrected chi connectivity index (χ2v) is 9.77. The van der Waals surface area contributed by atoms with Gasteiger partial charge in [-0.25, -0.2) is 9.36 Å². The van der Waals surface area contributed by atoms with Crippen LogP contribution in [0.1, 0.15) is 44.4 Å². The molecule has 14 nitrogen and oxygen atoms in total. The number of nitrogens with zero attached hydrogens (tertiary/aromatic N) is 3. The fourth-order valence-electron chi connectivity index (χ4n) is 3.49. The van der Waals surface area contributed by atoms with Crippen molar-refractivity contribution in [2.24, 2.45) is 11.0 Å². The molecule has 188 valence electrons. The molecular formula is C19H29N5O9P+. The number of carbonyl (C=O) groups is 1. The van der Waals surface area contributed by atoms with Crippen molar-refractivity contribution >= 4 is 13.8 Å². The Balaban J connectivity index is 1.55. The SMILES string of the molecule is CCCCOC(=O)CC1COP(=O)(OC[C@H]2O[C@@H](n3cc(C)c(=O)[nH]c3=O)C[C@@H]2N=[N+]=N)OC1. The van der Waals surface area contributed by atoms with Gasteiger partial charge in [-0.3, -0.25) is 32.7 Å². The molecule has 3 heterocycles. The molecule has 0 spiro atoms. The predicted octanol–water partition coefficient (Wildman–Crippen LogP) is 1.57. The third-order valence-electron chi connectivity index (χ3n) is 5.42. The van der Waals surface area contributed by atoms with Gasteiger partial charge in [-0.2, -0.15) is 0 Å². The summed E-state index contributed by atoms with van der Waals surface area (Å²) in [6.45, 7) is 3.63. The molecule has 3 atom stereocenters. The predicted molar refractivity (Wildman–Crippen MR) is 115 cm³/mol. The summed E-state index contributed by atoms with van der Waals surface area (Å²) < 4.78 is 40.9. The number of unbranched alkanes of at least 4 members (excludes halogenated alkanes) is 1. The van der Waals surface area contributed by atoms with Crippen molar-refractivity contribution in [1.82, 2.24) is 14.5 Å². The van der Waals surface area contributed by atoms with Crippen molar-refractivity contribution in [2.75, 3.05) is 26.4 Å². The van der Waals surface area contributed by atoms with Crippen LogP contribution in [-0.4, -0.2) is 54.1 Å². The van der Waals surface area contributed by atoms with Crippen LogP contribution in [-0.2, 0) is 32.4 Å². The Bertz CT molecular complexity index is 1070. The first kappa shape index (κ1) is 26.1. The minimum atomic E-state index is -3.90. The number of carbonyl (C=O) groups excluding carboxylic acids is 1. The van der Waals surface area contributed by atoms with Gasteiger partial charge in [-0.15, -0.1) is 0 Å².